The number of imidazole rings is 2. The van der Waals surface area contributed by atoms with Crippen LogP contribution in [0.25, 0.3) is 10.6 Å². The number of nitrogens with one attached hydrogen (secondary N) is 1. The SMILES string of the molecule is O=C1C[C@@H](c2ccc(-n3ccnc3)cc2)c2c(nc3sccn23)CN1. The molecule has 1 atom stereocenters. The normalized spacial score (nSPS) is 17.3. The van der Waals surface area contributed by atoms with Crippen LogP contribution in [-0.2, 0) is 11.3 Å². The summed E-state index contributed by atoms with van der Waals surface area (Å²) in [5.41, 5.74) is 4.25. The van der Waals surface area contributed by atoms with Crippen LogP contribution in [0.1, 0.15) is 29.3 Å². The molecule has 6 nitrogen and oxygen atoms in total. The van der Waals surface area contributed by atoms with Gasteiger partial charge in [0.15, 0.2) is 4.96 Å². The second kappa shape index (κ2) is 5.56. The molecule has 3 aromatic heterocycles. The fraction of sp³-hybridized carbons (Fsp3) is 0.167. The molecule has 124 valence electrons. The van der Waals surface area contributed by atoms with E-state index >= 15 is 0 Å². The van der Waals surface area contributed by atoms with Gasteiger partial charge in [0, 0.05) is 42.0 Å². The van der Waals surface area contributed by atoms with Crippen LogP contribution in [0.5, 0.6) is 0 Å². The van der Waals surface area contributed by atoms with Crippen molar-refractivity contribution in [3.63, 3.8) is 0 Å². The van der Waals surface area contributed by atoms with Crippen LogP contribution < -0.4 is 5.32 Å². The number of carbonyl (C=O) groups is 1. The molecule has 1 aliphatic heterocycles. The molecule has 4 aromatic rings. The first-order valence-corrected chi connectivity index (χ1v) is 8.97. The van der Waals surface area contributed by atoms with Crippen LogP contribution in [0, 0.1) is 0 Å². The van der Waals surface area contributed by atoms with E-state index in [2.05, 4.69) is 39.0 Å². The lowest BCUT2D eigenvalue weighted by molar-refractivity contribution is -0.121. The highest BCUT2D eigenvalue weighted by Crippen LogP contribution is 2.34. The first kappa shape index (κ1) is 14.4. The van der Waals surface area contributed by atoms with Crippen LogP contribution >= 0.6 is 11.3 Å². The highest BCUT2D eigenvalue weighted by molar-refractivity contribution is 7.15. The van der Waals surface area contributed by atoms with Crippen LogP contribution in [0.15, 0.2) is 54.6 Å². The number of hydrogen-bond donors (Lipinski definition) is 1. The van der Waals surface area contributed by atoms with E-state index in [0.29, 0.717) is 13.0 Å². The summed E-state index contributed by atoms with van der Waals surface area (Å²) in [7, 11) is 0. The van der Waals surface area contributed by atoms with E-state index in [-0.39, 0.29) is 11.8 Å². The van der Waals surface area contributed by atoms with Crippen LogP contribution in [0.3, 0.4) is 0 Å². The van der Waals surface area contributed by atoms with E-state index in [4.69, 9.17) is 4.98 Å². The van der Waals surface area contributed by atoms with E-state index in [1.807, 2.05) is 22.3 Å². The molecule has 1 N–H and O–H groups in total. The minimum Gasteiger partial charge on any atom is -0.350 e. The molecule has 1 aliphatic rings. The molecule has 0 aliphatic carbocycles. The molecule has 0 fully saturated rings. The number of carbonyl (C=O) groups excluding carboxylic acids is 1. The maximum Gasteiger partial charge on any atom is 0.221 e. The van der Waals surface area contributed by atoms with Crippen molar-refractivity contribution in [2.24, 2.45) is 0 Å². The van der Waals surface area contributed by atoms with Crippen molar-refractivity contribution in [3.05, 3.63) is 71.5 Å². The molecule has 25 heavy (non-hydrogen) atoms. The molecule has 0 bridgehead atoms. The summed E-state index contributed by atoms with van der Waals surface area (Å²) in [4.78, 5) is 22.0. The predicted molar refractivity (Wildman–Crippen MR) is 94.9 cm³/mol. The fourth-order valence-corrected chi connectivity index (χ4v) is 4.19. The second-order valence-electron chi connectivity index (χ2n) is 6.09. The average molecular weight is 349 g/mol. The Bertz CT molecular complexity index is 1050. The van der Waals surface area contributed by atoms with Crippen molar-refractivity contribution in [1.29, 1.82) is 0 Å². The quantitative estimate of drug-likeness (QED) is 0.605. The summed E-state index contributed by atoms with van der Waals surface area (Å²) in [5, 5.41) is 4.99. The Hall–Kier alpha value is -2.93. The van der Waals surface area contributed by atoms with Gasteiger partial charge in [0.05, 0.1) is 24.3 Å². The Labute approximate surface area is 147 Å². The molecule has 4 heterocycles. The van der Waals surface area contributed by atoms with Gasteiger partial charge in [0.1, 0.15) is 0 Å². The van der Waals surface area contributed by atoms with Gasteiger partial charge in [0.2, 0.25) is 5.91 Å². The van der Waals surface area contributed by atoms with Gasteiger partial charge in [-0.15, -0.1) is 11.3 Å². The van der Waals surface area contributed by atoms with Crippen molar-refractivity contribution in [2.45, 2.75) is 18.9 Å². The van der Waals surface area contributed by atoms with Crippen molar-refractivity contribution < 1.29 is 4.79 Å². The van der Waals surface area contributed by atoms with Crippen LogP contribution in [-0.4, -0.2) is 24.8 Å². The highest BCUT2D eigenvalue weighted by Gasteiger charge is 2.29. The topological polar surface area (TPSA) is 64.2 Å². The van der Waals surface area contributed by atoms with Crippen LogP contribution in [0.2, 0.25) is 0 Å². The van der Waals surface area contributed by atoms with Crippen molar-refractivity contribution in [2.75, 3.05) is 0 Å². The number of aromatic nitrogens is 4. The molecule has 0 saturated heterocycles. The maximum absolute atomic E-state index is 12.2. The maximum atomic E-state index is 12.2. The molecule has 5 rings (SSSR count). The molecule has 0 radical (unpaired) electrons. The molecular formula is C18H15N5OS. The Balaban J connectivity index is 1.61. The van der Waals surface area contributed by atoms with Gasteiger partial charge in [0.25, 0.3) is 0 Å². The summed E-state index contributed by atoms with van der Waals surface area (Å²) in [6.45, 7) is 0.492. The van der Waals surface area contributed by atoms with E-state index in [1.54, 1.807) is 23.9 Å². The largest absolute Gasteiger partial charge is 0.350 e. The van der Waals surface area contributed by atoms with Gasteiger partial charge in [-0.05, 0) is 17.7 Å². The minimum atomic E-state index is -0.000984. The Morgan fingerprint density at radius 1 is 1.20 bits per heavy atom. The third-order valence-corrected chi connectivity index (χ3v) is 5.40. The smallest absolute Gasteiger partial charge is 0.221 e. The van der Waals surface area contributed by atoms with Crippen molar-refractivity contribution in [3.8, 4) is 5.69 Å². The van der Waals surface area contributed by atoms with Gasteiger partial charge in [-0.3, -0.25) is 9.20 Å². The minimum absolute atomic E-state index is 0.000984. The number of rotatable bonds is 2. The summed E-state index contributed by atoms with van der Waals surface area (Å²) in [6.07, 6.45) is 7.92. The Morgan fingerprint density at radius 3 is 2.88 bits per heavy atom. The third kappa shape index (κ3) is 2.35. The van der Waals surface area contributed by atoms with Crippen molar-refractivity contribution >= 4 is 22.2 Å². The number of thiazole rings is 1. The van der Waals surface area contributed by atoms with Gasteiger partial charge in [-0.2, -0.15) is 0 Å². The summed E-state index contributed by atoms with van der Waals surface area (Å²) in [5.74, 6) is 0.0598. The standard InChI is InChI=1S/C18H15N5OS/c24-16-9-14(12-1-3-13(4-2-12)22-6-5-19-11-22)17-15(10-20-16)21-18-23(17)7-8-25-18/h1-8,11,14H,9-10H2,(H,20,24)/t14-/m0/s1. The number of nitrogens with zero attached hydrogens (tertiary/aromatic N) is 4. The van der Waals surface area contributed by atoms with E-state index in [1.165, 1.54) is 0 Å². The molecule has 7 heteroatoms. The molecule has 1 amide bonds. The number of benzene rings is 1. The molecular weight excluding hydrogens is 334 g/mol. The first-order valence-electron chi connectivity index (χ1n) is 8.09. The fourth-order valence-electron chi connectivity index (χ4n) is 3.45. The zero-order chi connectivity index (χ0) is 16.8. The monoisotopic (exact) mass is 349 g/mol. The zero-order valence-corrected chi connectivity index (χ0v) is 14.1. The zero-order valence-electron chi connectivity index (χ0n) is 13.3. The Kier molecular flexibility index (Phi) is 3.21. The lowest BCUT2D eigenvalue weighted by Gasteiger charge is -2.16. The molecule has 0 saturated carbocycles. The number of amides is 1. The van der Waals surface area contributed by atoms with E-state index in [9.17, 15) is 4.79 Å². The highest BCUT2D eigenvalue weighted by atomic mass is 32.1. The van der Waals surface area contributed by atoms with E-state index < -0.39 is 0 Å². The van der Waals surface area contributed by atoms with Crippen molar-refractivity contribution in [1.82, 2.24) is 24.3 Å². The third-order valence-electron chi connectivity index (χ3n) is 4.65. The average Bonchev–Trinajstić information content (AvgIpc) is 3.34. The lowest BCUT2D eigenvalue weighted by atomic mass is 9.91. The van der Waals surface area contributed by atoms with Gasteiger partial charge in [-0.1, -0.05) is 12.1 Å². The molecule has 0 unspecified atom stereocenters. The number of hydrogen-bond acceptors (Lipinski definition) is 4. The lowest BCUT2D eigenvalue weighted by Crippen LogP contribution is -2.21. The van der Waals surface area contributed by atoms with Crippen LogP contribution in [0.4, 0.5) is 0 Å². The second-order valence-corrected chi connectivity index (χ2v) is 6.97. The van der Waals surface area contributed by atoms with Gasteiger partial charge < -0.3 is 9.88 Å². The molecule has 0 spiro atoms. The number of fused-ring (bicyclic) bond motifs is 3. The summed E-state index contributed by atoms with van der Waals surface area (Å²) < 4.78 is 4.08. The van der Waals surface area contributed by atoms with E-state index in [0.717, 1.165) is 27.6 Å². The summed E-state index contributed by atoms with van der Waals surface area (Å²) >= 11 is 1.62. The van der Waals surface area contributed by atoms with Gasteiger partial charge >= 0.3 is 0 Å². The Morgan fingerprint density at radius 2 is 2.08 bits per heavy atom. The first-order chi connectivity index (χ1) is 12.3. The molecule has 1 aromatic carbocycles. The predicted octanol–water partition coefficient (Wildman–Crippen LogP) is 2.73. The van der Waals surface area contributed by atoms with Gasteiger partial charge in [-0.25, -0.2) is 9.97 Å². The summed E-state index contributed by atoms with van der Waals surface area (Å²) in [6, 6.07) is 8.30.